The molecule has 3 aromatic carbocycles. The Bertz CT molecular complexity index is 1120. The van der Waals surface area contributed by atoms with E-state index in [4.69, 9.17) is 4.74 Å². The smallest absolute Gasteiger partial charge is 0.222 e. The van der Waals surface area contributed by atoms with Crippen LogP contribution in [-0.4, -0.2) is 10.1 Å². The van der Waals surface area contributed by atoms with Crippen molar-refractivity contribution in [2.45, 2.75) is 6.61 Å². The largest absolute Gasteiger partial charge is 0.505 e. The summed E-state index contributed by atoms with van der Waals surface area (Å²) in [4.78, 5) is 4.51. The van der Waals surface area contributed by atoms with Crippen LogP contribution in [0.4, 0.5) is 4.39 Å². The van der Waals surface area contributed by atoms with E-state index in [9.17, 15) is 9.50 Å². The van der Waals surface area contributed by atoms with Gasteiger partial charge >= 0.3 is 0 Å². The predicted molar refractivity (Wildman–Crippen MR) is 107 cm³/mol. The second-order valence-corrected chi connectivity index (χ2v) is 7.00. The van der Waals surface area contributed by atoms with E-state index >= 15 is 0 Å². The van der Waals surface area contributed by atoms with Crippen molar-refractivity contribution in [2.75, 3.05) is 0 Å². The van der Waals surface area contributed by atoms with Crippen LogP contribution in [0.15, 0.2) is 77.3 Å². The molecule has 0 saturated heterocycles. The van der Waals surface area contributed by atoms with Crippen molar-refractivity contribution >= 4 is 26.7 Å². The van der Waals surface area contributed by atoms with Gasteiger partial charge in [0.05, 0.1) is 5.39 Å². The van der Waals surface area contributed by atoms with Crippen LogP contribution in [0.5, 0.6) is 11.6 Å². The van der Waals surface area contributed by atoms with Crippen molar-refractivity contribution < 1.29 is 14.2 Å². The lowest BCUT2D eigenvalue weighted by Gasteiger charge is -2.13. The molecule has 0 fully saturated rings. The number of nitrogens with zero attached hydrogens (tertiary/aromatic N) is 1. The third-order valence-corrected chi connectivity index (χ3v) is 4.71. The number of fused-ring (bicyclic) bond motifs is 1. The van der Waals surface area contributed by atoms with Gasteiger partial charge in [-0.05, 0) is 35.9 Å². The molecule has 0 aliphatic carbocycles. The first kappa shape index (κ1) is 17.5. The molecule has 1 N–H and O–H groups in total. The van der Waals surface area contributed by atoms with Crippen molar-refractivity contribution in [2.24, 2.45) is 0 Å². The number of pyridine rings is 1. The van der Waals surface area contributed by atoms with Crippen LogP contribution in [0.2, 0.25) is 0 Å². The lowest BCUT2D eigenvalue weighted by Crippen LogP contribution is -2.00. The first-order valence-electron chi connectivity index (χ1n) is 8.37. The van der Waals surface area contributed by atoms with E-state index in [1.54, 1.807) is 6.07 Å². The minimum absolute atomic E-state index is 0.00448. The fourth-order valence-electron chi connectivity index (χ4n) is 2.92. The molecule has 1 heterocycles. The molecule has 0 unspecified atom stereocenters. The Hall–Kier alpha value is -2.92. The Labute approximate surface area is 164 Å². The van der Waals surface area contributed by atoms with Crippen molar-refractivity contribution in [1.29, 1.82) is 0 Å². The summed E-state index contributed by atoms with van der Waals surface area (Å²) in [6.07, 6.45) is 0. The standard InChI is InChI=1S/C22H15BrFNO2/c23-16-8-4-7-15(11-16)20-21(26)18-10-9-17(24)12-19(18)22(25-20)27-13-14-5-2-1-3-6-14/h1-12,26H,13H2. The molecule has 0 aliphatic rings. The normalized spacial score (nSPS) is 10.9. The lowest BCUT2D eigenvalue weighted by atomic mass is 10.1. The summed E-state index contributed by atoms with van der Waals surface area (Å²) in [6.45, 7) is 0.294. The maximum Gasteiger partial charge on any atom is 0.222 e. The highest BCUT2D eigenvalue weighted by atomic mass is 79.9. The number of rotatable bonds is 4. The van der Waals surface area contributed by atoms with E-state index in [-0.39, 0.29) is 11.6 Å². The molecule has 0 spiro atoms. The first-order valence-corrected chi connectivity index (χ1v) is 9.16. The SMILES string of the molecule is Oc1c(-c2cccc(Br)c2)nc(OCc2ccccc2)c2cc(F)ccc12. The predicted octanol–water partition coefficient (Wildman–Crippen LogP) is 6.09. The van der Waals surface area contributed by atoms with Crippen LogP contribution in [0, 0.1) is 5.82 Å². The highest BCUT2D eigenvalue weighted by molar-refractivity contribution is 9.10. The maximum atomic E-state index is 13.8. The summed E-state index contributed by atoms with van der Waals surface area (Å²) in [5, 5.41) is 11.7. The molecular formula is C22H15BrFNO2. The van der Waals surface area contributed by atoms with Crippen LogP contribution in [0.3, 0.4) is 0 Å². The molecule has 5 heteroatoms. The number of aromatic nitrogens is 1. The average molecular weight is 424 g/mol. The van der Waals surface area contributed by atoms with E-state index in [1.807, 2.05) is 54.6 Å². The number of ether oxygens (including phenoxy) is 1. The summed E-state index contributed by atoms with van der Waals surface area (Å²) in [5.74, 6) is -0.139. The van der Waals surface area contributed by atoms with E-state index < -0.39 is 5.82 Å². The lowest BCUT2D eigenvalue weighted by molar-refractivity contribution is 0.297. The highest BCUT2D eigenvalue weighted by Crippen LogP contribution is 2.39. The van der Waals surface area contributed by atoms with E-state index in [0.717, 1.165) is 15.6 Å². The maximum absolute atomic E-state index is 13.8. The second kappa shape index (κ2) is 7.37. The number of benzene rings is 3. The van der Waals surface area contributed by atoms with Gasteiger partial charge in [0.2, 0.25) is 5.88 Å². The van der Waals surface area contributed by atoms with Gasteiger partial charge < -0.3 is 9.84 Å². The minimum Gasteiger partial charge on any atom is -0.505 e. The fraction of sp³-hybridized carbons (Fsp3) is 0.0455. The summed E-state index contributed by atoms with van der Waals surface area (Å²) < 4.78 is 20.6. The zero-order valence-corrected chi connectivity index (χ0v) is 15.8. The number of hydrogen-bond acceptors (Lipinski definition) is 3. The third-order valence-electron chi connectivity index (χ3n) is 4.22. The zero-order chi connectivity index (χ0) is 18.8. The van der Waals surface area contributed by atoms with Crippen molar-refractivity contribution in [3.63, 3.8) is 0 Å². The fourth-order valence-corrected chi connectivity index (χ4v) is 3.31. The molecule has 0 amide bonds. The molecule has 3 nitrogen and oxygen atoms in total. The van der Waals surface area contributed by atoms with Crippen LogP contribution >= 0.6 is 15.9 Å². The molecule has 0 bridgehead atoms. The number of halogens is 2. The Kier molecular flexibility index (Phi) is 4.77. The van der Waals surface area contributed by atoms with Gasteiger partial charge in [-0.2, -0.15) is 0 Å². The second-order valence-electron chi connectivity index (χ2n) is 6.09. The van der Waals surface area contributed by atoms with Crippen LogP contribution < -0.4 is 4.74 Å². The Morgan fingerprint density at radius 3 is 2.52 bits per heavy atom. The van der Waals surface area contributed by atoms with E-state index in [0.29, 0.717) is 23.1 Å². The monoisotopic (exact) mass is 423 g/mol. The van der Waals surface area contributed by atoms with E-state index in [1.165, 1.54) is 12.1 Å². The molecule has 1 aromatic heterocycles. The molecule has 4 aromatic rings. The molecule has 134 valence electrons. The third kappa shape index (κ3) is 3.64. The van der Waals surface area contributed by atoms with Gasteiger partial charge in [0.1, 0.15) is 23.9 Å². The average Bonchev–Trinajstić information content (AvgIpc) is 2.68. The van der Waals surface area contributed by atoms with Gasteiger partial charge in [-0.3, -0.25) is 0 Å². The topological polar surface area (TPSA) is 42.4 Å². The highest BCUT2D eigenvalue weighted by Gasteiger charge is 2.17. The molecule has 0 atom stereocenters. The summed E-state index contributed by atoms with van der Waals surface area (Å²) >= 11 is 3.43. The van der Waals surface area contributed by atoms with Gasteiger partial charge in [0.25, 0.3) is 0 Å². The molecule has 0 radical (unpaired) electrons. The molecule has 0 aliphatic heterocycles. The van der Waals surface area contributed by atoms with E-state index in [2.05, 4.69) is 20.9 Å². The Morgan fingerprint density at radius 1 is 0.926 bits per heavy atom. The van der Waals surface area contributed by atoms with Crippen LogP contribution in [0.25, 0.3) is 22.0 Å². The van der Waals surface area contributed by atoms with Gasteiger partial charge in [-0.25, -0.2) is 9.37 Å². The van der Waals surface area contributed by atoms with Crippen molar-refractivity contribution in [3.8, 4) is 22.9 Å². The van der Waals surface area contributed by atoms with Gasteiger partial charge in [-0.1, -0.05) is 58.4 Å². The van der Waals surface area contributed by atoms with Crippen molar-refractivity contribution in [3.05, 3.63) is 88.6 Å². The molecule has 4 rings (SSSR count). The minimum atomic E-state index is -0.413. The quantitative estimate of drug-likeness (QED) is 0.431. The summed E-state index contributed by atoms with van der Waals surface area (Å²) in [6, 6.07) is 21.3. The van der Waals surface area contributed by atoms with Crippen LogP contribution in [-0.2, 0) is 6.61 Å². The summed E-state index contributed by atoms with van der Waals surface area (Å²) in [7, 11) is 0. The molecular weight excluding hydrogens is 409 g/mol. The van der Waals surface area contributed by atoms with Gasteiger partial charge in [0.15, 0.2) is 0 Å². The number of aromatic hydroxyl groups is 1. The molecule has 0 saturated carbocycles. The van der Waals surface area contributed by atoms with Gasteiger partial charge in [-0.15, -0.1) is 0 Å². The molecule has 27 heavy (non-hydrogen) atoms. The first-order chi connectivity index (χ1) is 13.1. The Morgan fingerprint density at radius 2 is 1.74 bits per heavy atom. The number of hydrogen-bond donors (Lipinski definition) is 1. The zero-order valence-electron chi connectivity index (χ0n) is 14.2. The van der Waals surface area contributed by atoms with Crippen LogP contribution in [0.1, 0.15) is 5.56 Å². The Balaban J connectivity index is 1.85. The van der Waals surface area contributed by atoms with Gasteiger partial charge in [0, 0.05) is 15.4 Å². The van der Waals surface area contributed by atoms with Crippen molar-refractivity contribution in [1.82, 2.24) is 4.98 Å². The summed E-state index contributed by atoms with van der Waals surface area (Å²) in [5.41, 5.74) is 2.09.